The molecule has 2 aromatic rings. The molecule has 1 aliphatic rings. The van der Waals surface area contributed by atoms with Gasteiger partial charge in [-0.25, -0.2) is 0 Å². The van der Waals surface area contributed by atoms with E-state index in [-0.39, 0.29) is 0 Å². The van der Waals surface area contributed by atoms with E-state index >= 15 is 0 Å². The minimum absolute atomic E-state index is 0.545. The van der Waals surface area contributed by atoms with Gasteiger partial charge in [-0.15, -0.1) is 0 Å². The average Bonchev–Trinajstić information content (AvgIpc) is 2.56. The first kappa shape index (κ1) is 15.8. The van der Waals surface area contributed by atoms with Gasteiger partial charge in [0.2, 0.25) is 0 Å². The summed E-state index contributed by atoms with van der Waals surface area (Å²) in [6, 6.07) is 14.0. The highest BCUT2D eigenvalue weighted by Gasteiger charge is 2.13. The second-order valence-corrected chi connectivity index (χ2v) is 6.10. The number of benzene rings is 2. The molecule has 0 fully saturated rings. The monoisotopic (exact) mass is 315 g/mol. The number of nitrogens with two attached hydrogens (primary N) is 2. The Morgan fingerprint density at radius 3 is 2.17 bits per heavy atom. The Balaban J connectivity index is 2.25. The fourth-order valence-corrected chi connectivity index (χ4v) is 2.80. The van der Waals surface area contributed by atoms with Crippen molar-refractivity contribution in [1.82, 2.24) is 0 Å². The molecule has 0 spiro atoms. The number of rotatable bonds is 2. The highest BCUT2D eigenvalue weighted by Crippen LogP contribution is 2.32. The molecule has 5 N–H and O–H groups in total. The summed E-state index contributed by atoms with van der Waals surface area (Å²) in [5.74, 6) is 0. The standard InChI is InChI=1S/C21H21N3/c1-13-11-16(5-9-19(13)23)21(15-3-7-18(22)8-4-15)17-6-10-20(24)14(2)12-17/h3-12,23H,22,24H2,1-2H3/b21-16-,23-19?. The van der Waals surface area contributed by atoms with Gasteiger partial charge in [0.15, 0.2) is 0 Å². The van der Waals surface area contributed by atoms with E-state index in [1.165, 1.54) is 0 Å². The van der Waals surface area contributed by atoms with E-state index in [9.17, 15) is 0 Å². The van der Waals surface area contributed by atoms with Crippen LogP contribution in [0.1, 0.15) is 23.6 Å². The van der Waals surface area contributed by atoms with Gasteiger partial charge >= 0.3 is 0 Å². The molecule has 0 amide bonds. The van der Waals surface area contributed by atoms with Crippen molar-refractivity contribution >= 4 is 22.7 Å². The van der Waals surface area contributed by atoms with Crippen LogP contribution in [0.2, 0.25) is 0 Å². The van der Waals surface area contributed by atoms with Crippen LogP contribution in [0.15, 0.2) is 71.8 Å². The molecule has 0 heterocycles. The van der Waals surface area contributed by atoms with Crippen molar-refractivity contribution in [3.8, 4) is 0 Å². The summed E-state index contributed by atoms with van der Waals surface area (Å²) in [4.78, 5) is 0. The molecule has 0 aromatic heterocycles. The van der Waals surface area contributed by atoms with E-state index in [0.29, 0.717) is 5.71 Å². The van der Waals surface area contributed by atoms with Crippen LogP contribution in [-0.4, -0.2) is 5.71 Å². The molecule has 2 aromatic carbocycles. The maximum absolute atomic E-state index is 7.91. The van der Waals surface area contributed by atoms with Crippen LogP contribution in [0.25, 0.3) is 5.57 Å². The van der Waals surface area contributed by atoms with Gasteiger partial charge in [0.1, 0.15) is 0 Å². The Morgan fingerprint density at radius 2 is 1.54 bits per heavy atom. The molecule has 0 saturated carbocycles. The third kappa shape index (κ3) is 3.01. The van der Waals surface area contributed by atoms with Crippen molar-refractivity contribution < 1.29 is 0 Å². The lowest BCUT2D eigenvalue weighted by atomic mass is 9.88. The first-order valence-electron chi connectivity index (χ1n) is 7.87. The van der Waals surface area contributed by atoms with Crippen molar-refractivity contribution in [2.24, 2.45) is 0 Å². The van der Waals surface area contributed by atoms with Crippen LogP contribution in [0.5, 0.6) is 0 Å². The molecule has 120 valence electrons. The summed E-state index contributed by atoms with van der Waals surface area (Å²) in [6.45, 7) is 3.97. The van der Waals surface area contributed by atoms with Crippen molar-refractivity contribution in [3.63, 3.8) is 0 Å². The number of anilines is 2. The molecule has 3 nitrogen and oxygen atoms in total. The molecular formula is C21H21N3. The lowest BCUT2D eigenvalue weighted by Crippen LogP contribution is -2.02. The summed E-state index contributed by atoms with van der Waals surface area (Å²) in [6.07, 6.45) is 5.89. The van der Waals surface area contributed by atoms with E-state index in [4.69, 9.17) is 16.9 Å². The first-order chi connectivity index (χ1) is 11.5. The molecule has 1 aliphatic carbocycles. The maximum Gasteiger partial charge on any atom is 0.0569 e. The predicted octanol–water partition coefficient (Wildman–Crippen LogP) is 4.50. The number of allylic oxidation sites excluding steroid dienone is 5. The minimum atomic E-state index is 0.545. The lowest BCUT2D eigenvalue weighted by molar-refractivity contribution is 1.40. The number of hydrogen-bond acceptors (Lipinski definition) is 3. The third-order valence-electron chi connectivity index (χ3n) is 4.27. The van der Waals surface area contributed by atoms with Crippen LogP contribution in [0.3, 0.4) is 0 Å². The average molecular weight is 315 g/mol. The summed E-state index contributed by atoms with van der Waals surface area (Å²) >= 11 is 0. The van der Waals surface area contributed by atoms with E-state index in [0.717, 1.165) is 44.8 Å². The molecule has 24 heavy (non-hydrogen) atoms. The Bertz CT molecular complexity index is 897. The van der Waals surface area contributed by atoms with Crippen molar-refractivity contribution in [3.05, 3.63) is 88.5 Å². The summed E-state index contributed by atoms with van der Waals surface area (Å²) < 4.78 is 0. The van der Waals surface area contributed by atoms with Gasteiger partial charge in [-0.05, 0) is 83.7 Å². The highest BCUT2D eigenvalue weighted by molar-refractivity contribution is 6.08. The normalized spacial score (nSPS) is 16.1. The van der Waals surface area contributed by atoms with Gasteiger partial charge in [0.25, 0.3) is 0 Å². The van der Waals surface area contributed by atoms with Gasteiger partial charge in [-0.2, -0.15) is 0 Å². The second-order valence-electron chi connectivity index (χ2n) is 6.10. The zero-order chi connectivity index (χ0) is 17.3. The summed E-state index contributed by atoms with van der Waals surface area (Å²) in [5, 5.41) is 7.91. The van der Waals surface area contributed by atoms with Crippen LogP contribution >= 0.6 is 0 Å². The van der Waals surface area contributed by atoms with Gasteiger partial charge < -0.3 is 16.9 Å². The second kappa shape index (κ2) is 6.20. The van der Waals surface area contributed by atoms with Crippen molar-refractivity contribution in [2.45, 2.75) is 13.8 Å². The zero-order valence-electron chi connectivity index (χ0n) is 13.9. The third-order valence-corrected chi connectivity index (χ3v) is 4.27. The molecule has 0 aliphatic heterocycles. The zero-order valence-corrected chi connectivity index (χ0v) is 13.9. The quantitative estimate of drug-likeness (QED) is 0.714. The van der Waals surface area contributed by atoms with Crippen LogP contribution in [-0.2, 0) is 0 Å². The van der Waals surface area contributed by atoms with Gasteiger partial charge in [-0.3, -0.25) is 0 Å². The largest absolute Gasteiger partial charge is 0.399 e. The van der Waals surface area contributed by atoms with Crippen molar-refractivity contribution in [2.75, 3.05) is 11.5 Å². The topological polar surface area (TPSA) is 75.9 Å². The number of nitrogen functional groups attached to an aromatic ring is 2. The van der Waals surface area contributed by atoms with E-state index in [2.05, 4.69) is 12.1 Å². The fourth-order valence-electron chi connectivity index (χ4n) is 2.80. The number of hydrogen-bond donors (Lipinski definition) is 3. The number of nitrogens with one attached hydrogen (secondary N) is 1. The van der Waals surface area contributed by atoms with E-state index in [1.54, 1.807) is 0 Å². The summed E-state index contributed by atoms with van der Waals surface area (Å²) in [5.41, 5.74) is 20.3. The Kier molecular flexibility index (Phi) is 4.09. The van der Waals surface area contributed by atoms with Crippen LogP contribution in [0, 0.1) is 12.3 Å². The molecule has 0 saturated heterocycles. The molecule has 0 radical (unpaired) electrons. The molecule has 0 bridgehead atoms. The van der Waals surface area contributed by atoms with Crippen molar-refractivity contribution in [1.29, 1.82) is 5.41 Å². The molecule has 0 unspecified atom stereocenters. The van der Waals surface area contributed by atoms with Gasteiger partial charge in [0, 0.05) is 11.4 Å². The first-order valence-corrected chi connectivity index (χ1v) is 7.87. The smallest absolute Gasteiger partial charge is 0.0569 e. The van der Waals surface area contributed by atoms with Crippen LogP contribution < -0.4 is 11.5 Å². The summed E-state index contributed by atoms with van der Waals surface area (Å²) in [7, 11) is 0. The van der Waals surface area contributed by atoms with Gasteiger partial charge in [-0.1, -0.05) is 24.3 Å². The Labute approximate surface area is 142 Å². The van der Waals surface area contributed by atoms with E-state index < -0.39 is 0 Å². The fraction of sp³-hybridized carbons (Fsp3) is 0.0952. The molecule has 3 rings (SSSR count). The lowest BCUT2D eigenvalue weighted by Gasteiger charge is -2.16. The van der Waals surface area contributed by atoms with E-state index in [1.807, 2.05) is 62.4 Å². The Hall–Kier alpha value is -3.07. The maximum atomic E-state index is 7.91. The van der Waals surface area contributed by atoms with Gasteiger partial charge in [0.05, 0.1) is 5.71 Å². The highest BCUT2D eigenvalue weighted by atomic mass is 14.6. The molecular weight excluding hydrogens is 294 g/mol. The SMILES string of the molecule is CC1=C/C(=C(/c2ccc(N)cc2)c2ccc(N)c(C)c2)C=CC1=N. The minimum Gasteiger partial charge on any atom is -0.399 e. The number of aryl methyl sites for hydroxylation is 1. The predicted molar refractivity (Wildman–Crippen MR) is 103 cm³/mol. The molecule has 0 atom stereocenters. The molecule has 3 heteroatoms. The van der Waals surface area contributed by atoms with Crippen LogP contribution in [0.4, 0.5) is 11.4 Å². The Morgan fingerprint density at radius 1 is 0.875 bits per heavy atom.